The normalized spacial score (nSPS) is 49.8. The summed E-state index contributed by atoms with van der Waals surface area (Å²) >= 11 is 0. The molecule has 6 saturated heterocycles. The summed E-state index contributed by atoms with van der Waals surface area (Å²) in [5, 5.41) is 196. The molecule has 6 heterocycles. The second-order valence-electron chi connectivity index (χ2n) is 18.2. The third-order valence-corrected chi connectivity index (χ3v) is 13.2. The van der Waals surface area contributed by atoms with Crippen LogP contribution in [0.4, 0.5) is 0 Å². The Labute approximate surface area is 413 Å². The van der Waals surface area contributed by atoms with Gasteiger partial charge in [0.25, 0.3) is 0 Å². The van der Waals surface area contributed by atoms with Crippen molar-refractivity contribution >= 4 is 11.8 Å². The van der Waals surface area contributed by atoms with Gasteiger partial charge in [0.2, 0.25) is 11.8 Å². The van der Waals surface area contributed by atoms with Crippen molar-refractivity contribution in [3.8, 4) is 0 Å². The molecule has 0 aromatic rings. The number of amides is 2. The minimum atomic E-state index is -2.21. The van der Waals surface area contributed by atoms with Crippen LogP contribution in [0.25, 0.3) is 0 Å². The topological polar surface area (TPSA) is 524 Å². The molecule has 0 aliphatic carbocycles. The largest absolute Gasteiger partial charge is 0.394 e. The van der Waals surface area contributed by atoms with E-state index in [1.165, 1.54) is 0 Å². The van der Waals surface area contributed by atoms with E-state index >= 15 is 0 Å². The minimum Gasteiger partial charge on any atom is -0.394 e. The van der Waals surface area contributed by atoms with Crippen LogP contribution in [0.5, 0.6) is 0 Å². The number of nitrogens with one attached hydrogen (secondary N) is 2. The van der Waals surface area contributed by atoms with Crippen LogP contribution in [-0.2, 0) is 61.7 Å². The summed E-state index contributed by atoms with van der Waals surface area (Å²) in [5.74, 6) is -1.69. The molecule has 0 aromatic heterocycles. The molecule has 30 atom stereocenters. The molecule has 424 valence electrons. The molecule has 0 aromatic carbocycles. The second kappa shape index (κ2) is 26.0. The van der Waals surface area contributed by atoms with Gasteiger partial charge in [-0.1, -0.05) is 0 Å². The fourth-order valence-electron chi connectivity index (χ4n) is 9.32. The van der Waals surface area contributed by atoms with Gasteiger partial charge in [-0.2, -0.15) is 0 Å². The van der Waals surface area contributed by atoms with Crippen LogP contribution in [0.2, 0.25) is 0 Å². The quantitative estimate of drug-likeness (QED) is 0.0606. The number of ether oxygens (including phenoxy) is 11. The van der Waals surface area contributed by atoms with E-state index in [-0.39, 0.29) is 0 Å². The van der Waals surface area contributed by atoms with Crippen LogP contribution < -0.4 is 10.6 Å². The van der Waals surface area contributed by atoms with Gasteiger partial charge in [-0.3, -0.25) is 9.59 Å². The highest BCUT2D eigenvalue weighted by Gasteiger charge is 2.58. The molecule has 0 spiro atoms. The summed E-state index contributed by atoms with van der Waals surface area (Å²) in [4.78, 5) is 25.0. The molecule has 0 unspecified atom stereocenters. The molecule has 6 aliphatic rings. The molecule has 6 aliphatic heterocycles. The highest BCUT2D eigenvalue weighted by molar-refractivity contribution is 5.73. The lowest BCUT2D eigenvalue weighted by Gasteiger charge is -2.51. The van der Waals surface area contributed by atoms with E-state index in [1.807, 2.05) is 0 Å². The minimum absolute atomic E-state index is 0.829. The van der Waals surface area contributed by atoms with Gasteiger partial charge < -0.3 is 155 Å². The van der Waals surface area contributed by atoms with Crippen molar-refractivity contribution in [1.82, 2.24) is 10.6 Å². The molecule has 20 N–H and O–H groups in total. The maximum atomic E-state index is 12.6. The number of carbonyl (C=O) groups is 2. The summed E-state index contributed by atoms with van der Waals surface area (Å²) in [6.45, 7) is -3.79. The Kier molecular flexibility index (Phi) is 21.3. The fraction of sp³-hybridized carbons (Fsp3) is 0.950. The lowest BCUT2D eigenvalue weighted by atomic mass is 9.93. The van der Waals surface area contributed by atoms with Gasteiger partial charge in [0.15, 0.2) is 37.7 Å². The predicted octanol–water partition coefficient (Wildman–Crippen LogP) is -13.8. The fourth-order valence-corrected chi connectivity index (χ4v) is 9.32. The van der Waals surface area contributed by atoms with Crippen molar-refractivity contribution in [2.24, 2.45) is 0 Å². The number of hydrogen-bond acceptors (Lipinski definition) is 31. The molecular formula is C40H68N2O31. The lowest BCUT2D eigenvalue weighted by Crippen LogP contribution is -2.70. The number of aliphatic hydroxyl groups excluding tert-OH is 18. The standard InChI is InChI=1S/C40H68N2O31/c1-9(49)41-17-22(54)30(69-38-27(59)24(56)19(51)11(3-43)64-38)15(7-47)67-36(17)72-33-20(52)12(4-44)65-39(28(33)60)70-31-16(8-48)68-37(18(23(31)55)42-10(2)50)73-34-21(53)13(5-45)66-40(29(34)61)71-32-14(6-46)63-35(62)26(58)25(32)57/h11-40,43-48,51-62H,3-8H2,1-2H3,(H,41,49)(H,42,50)/t11-,12-,13-,14-,15-,16-,17-,18-,19+,20+,21+,22-,23-,24+,25-,26-,27-,28-,29-,30+,31+,32-,33+,34+,35+,36+,37+,38+,39+,40+/m1/s1. The van der Waals surface area contributed by atoms with Crippen molar-refractivity contribution < 1.29 is 154 Å². The third kappa shape index (κ3) is 12.9. The van der Waals surface area contributed by atoms with Crippen molar-refractivity contribution in [2.45, 2.75) is 198 Å². The molecule has 73 heavy (non-hydrogen) atoms. The average Bonchev–Trinajstić information content (AvgIpc) is 3.36. The highest BCUT2D eigenvalue weighted by atomic mass is 16.8. The van der Waals surface area contributed by atoms with Crippen molar-refractivity contribution in [1.29, 1.82) is 0 Å². The molecule has 33 nitrogen and oxygen atoms in total. The summed E-state index contributed by atoms with van der Waals surface area (Å²) in [7, 11) is 0. The van der Waals surface area contributed by atoms with Crippen LogP contribution in [0, 0.1) is 0 Å². The Hall–Kier alpha value is -2.22. The molecule has 2 amide bonds. The van der Waals surface area contributed by atoms with E-state index in [9.17, 15) is 102 Å². The van der Waals surface area contributed by atoms with Crippen LogP contribution in [0.3, 0.4) is 0 Å². The monoisotopic (exact) mass is 1070 g/mol. The molecule has 6 fully saturated rings. The van der Waals surface area contributed by atoms with Crippen LogP contribution >= 0.6 is 0 Å². The van der Waals surface area contributed by atoms with Gasteiger partial charge in [-0.15, -0.1) is 0 Å². The first-order valence-electron chi connectivity index (χ1n) is 23.1. The van der Waals surface area contributed by atoms with Gasteiger partial charge in [0, 0.05) is 13.8 Å². The van der Waals surface area contributed by atoms with Crippen molar-refractivity contribution in [2.75, 3.05) is 39.6 Å². The van der Waals surface area contributed by atoms with Crippen LogP contribution in [0.15, 0.2) is 0 Å². The van der Waals surface area contributed by atoms with Gasteiger partial charge >= 0.3 is 0 Å². The summed E-state index contributed by atoms with van der Waals surface area (Å²) in [5.41, 5.74) is 0. The Morgan fingerprint density at radius 3 is 0.986 bits per heavy atom. The zero-order chi connectivity index (χ0) is 53.9. The second-order valence-corrected chi connectivity index (χ2v) is 18.2. The van der Waals surface area contributed by atoms with E-state index in [1.54, 1.807) is 0 Å². The molecular weight excluding hydrogens is 1000 g/mol. The van der Waals surface area contributed by atoms with Crippen molar-refractivity contribution in [3.05, 3.63) is 0 Å². The summed E-state index contributed by atoms with van der Waals surface area (Å²) in [6, 6.07) is -3.53. The zero-order valence-corrected chi connectivity index (χ0v) is 38.9. The molecule has 0 radical (unpaired) electrons. The van der Waals surface area contributed by atoms with Gasteiger partial charge in [-0.05, 0) is 0 Å². The summed E-state index contributed by atoms with van der Waals surface area (Å²) < 4.78 is 62.4. The molecule has 0 bridgehead atoms. The first-order chi connectivity index (χ1) is 34.5. The highest BCUT2D eigenvalue weighted by Crippen LogP contribution is 2.37. The Balaban J connectivity index is 1.21. The Morgan fingerprint density at radius 1 is 0.329 bits per heavy atom. The third-order valence-electron chi connectivity index (χ3n) is 13.2. The molecule has 0 saturated carbocycles. The maximum Gasteiger partial charge on any atom is 0.217 e. The number of hydrogen-bond donors (Lipinski definition) is 20. The van der Waals surface area contributed by atoms with E-state index in [0.717, 1.165) is 13.8 Å². The number of rotatable bonds is 18. The number of aliphatic hydroxyl groups is 18. The SMILES string of the molecule is CC(=O)N[C@H]1[C@H](O[C@H]2[C@@H](O)[C@@H](CO)O[C@@H](O[C@@H]3[C@H](O)[C@@H](NC(C)=O)[C@H](O[C@H]4[C@@H](O)[C@@H](CO)O[C@@H](O[C@H]5[C@H](O)[C@@H](O)[C@@H](O)O[C@@H]5CO)[C@@H]4O)O[C@@H]3CO)[C@@H]2O)O[C@H](CO)[C@H](O[C@@H]2O[C@H](CO)[C@H](O)[C@H](O)[C@H]2O)[C@@H]1O. The first kappa shape index (κ1) is 60.0. The Morgan fingerprint density at radius 2 is 0.630 bits per heavy atom. The average molecular weight is 1070 g/mol. The van der Waals surface area contributed by atoms with Crippen molar-refractivity contribution in [3.63, 3.8) is 0 Å². The van der Waals surface area contributed by atoms with E-state index in [0.29, 0.717) is 0 Å². The predicted molar refractivity (Wildman–Crippen MR) is 222 cm³/mol. The van der Waals surface area contributed by atoms with E-state index in [4.69, 9.17) is 52.1 Å². The van der Waals surface area contributed by atoms with Gasteiger partial charge in [0.1, 0.15) is 146 Å². The number of carbonyl (C=O) groups excluding carboxylic acids is 2. The van der Waals surface area contributed by atoms with E-state index < -0.39 is 236 Å². The zero-order valence-electron chi connectivity index (χ0n) is 38.9. The Bertz CT molecular complexity index is 1750. The van der Waals surface area contributed by atoms with Gasteiger partial charge in [0.05, 0.1) is 39.6 Å². The lowest BCUT2D eigenvalue weighted by molar-refractivity contribution is -0.386. The van der Waals surface area contributed by atoms with Gasteiger partial charge in [-0.25, -0.2) is 0 Å². The first-order valence-corrected chi connectivity index (χ1v) is 23.1. The summed E-state index contributed by atoms with van der Waals surface area (Å²) in [6.07, 6.45) is -52.9. The van der Waals surface area contributed by atoms with E-state index in [2.05, 4.69) is 10.6 Å². The van der Waals surface area contributed by atoms with Crippen LogP contribution in [-0.4, -0.2) is 327 Å². The molecule has 33 heteroatoms. The van der Waals surface area contributed by atoms with Crippen LogP contribution in [0.1, 0.15) is 13.8 Å². The molecule has 6 rings (SSSR count). The maximum absolute atomic E-state index is 12.6. The smallest absolute Gasteiger partial charge is 0.217 e.